The van der Waals surface area contributed by atoms with E-state index in [2.05, 4.69) is 9.72 Å². The van der Waals surface area contributed by atoms with Crippen LogP contribution < -0.4 is 5.73 Å². The maximum atomic E-state index is 11.0. The van der Waals surface area contributed by atoms with E-state index in [1.54, 1.807) is 12.1 Å². The van der Waals surface area contributed by atoms with Gasteiger partial charge < -0.3 is 10.5 Å². The summed E-state index contributed by atoms with van der Waals surface area (Å²) in [6, 6.07) is 2.43. The van der Waals surface area contributed by atoms with Crippen LogP contribution >= 0.6 is 0 Å². The van der Waals surface area contributed by atoms with Crippen molar-refractivity contribution in [2.24, 2.45) is 5.73 Å². The monoisotopic (exact) mass is 208 g/mol. The molecule has 0 aliphatic heterocycles. The normalized spacial score (nSPS) is 11.9. The average Bonchev–Trinajstić information content (AvgIpc) is 2.28. The van der Waals surface area contributed by atoms with Crippen molar-refractivity contribution in [2.45, 2.75) is 12.5 Å². The van der Waals surface area contributed by atoms with Crippen LogP contribution in [0.5, 0.6) is 0 Å². The number of hydrogen-bond acceptors (Lipinski definition) is 5. The van der Waals surface area contributed by atoms with Gasteiger partial charge in [-0.3, -0.25) is 14.6 Å². The maximum absolute atomic E-state index is 11.0. The van der Waals surface area contributed by atoms with E-state index in [1.165, 1.54) is 13.3 Å². The summed E-state index contributed by atoms with van der Waals surface area (Å²) in [6.45, 7) is 0. The molecule has 0 aliphatic rings. The van der Waals surface area contributed by atoms with Crippen molar-refractivity contribution >= 4 is 12.3 Å². The summed E-state index contributed by atoms with van der Waals surface area (Å²) in [7, 11) is 1.28. The van der Waals surface area contributed by atoms with Gasteiger partial charge in [-0.1, -0.05) is 0 Å². The van der Waals surface area contributed by atoms with Gasteiger partial charge in [-0.25, -0.2) is 0 Å². The van der Waals surface area contributed by atoms with Crippen molar-refractivity contribution in [3.63, 3.8) is 0 Å². The summed E-state index contributed by atoms with van der Waals surface area (Å²) in [4.78, 5) is 25.5. The molecule has 0 saturated carbocycles. The Balaban J connectivity index is 2.71. The summed E-state index contributed by atoms with van der Waals surface area (Å²) in [5, 5.41) is 0. The number of aldehydes is 1. The molecule has 0 radical (unpaired) electrons. The smallest absolute Gasteiger partial charge is 0.323 e. The molecule has 1 heterocycles. The van der Waals surface area contributed by atoms with Gasteiger partial charge in [0.2, 0.25) is 0 Å². The fraction of sp³-hybridized carbons (Fsp3) is 0.300. The molecule has 0 amide bonds. The summed E-state index contributed by atoms with van der Waals surface area (Å²) >= 11 is 0. The van der Waals surface area contributed by atoms with E-state index in [9.17, 15) is 9.59 Å². The molecule has 1 atom stereocenters. The fourth-order valence-electron chi connectivity index (χ4n) is 1.14. The minimum atomic E-state index is -0.746. The molecule has 1 aromatic heterocycles. The predicted molar refractivity (Wildman–Crippen MR) is 53.3 cm³/mol. The number of pyridine rings is 1. The third kappa shape index (κ3) is 3.14. The second-order valence-corrected chi connectivity index (χ2v) is 3.03. The second kappa shape index (κ2) is 5.21. The molecule has 0 spiro atoms. The molecular weight excluding hydrogens is 196 g/mol. The molecule has 5 nitrogen and oxygen atoms in total. The first-order chi connectivity index (χ1) is 7.17. The minimum Gasteiger partial charge on any atom is -0.468 e. The lowest BCUT2D eigenvalue weighted by Gasteiger charge is -2.08. The molecule has 0 unspecified atom stereocenters. The summed E-state index contributed by atoms with van der Waals surface area (Å²) in [5.41, 5.74) is 6.65. The number of hydrogen-bond donors (Lipinski definition) is 1. The molecule has 1 aromatic rings. The first kappa shape index (κ1) is 11.3. The summed E-state index contributed by atoms with van der Waals surface area (Å²) < 4.78 is 4.48. The van der Waals surface area contributed by atoms with E-state index < -0.39 is 12.0 Å². The molecule has 5 heteroatoms. The number of methoxy groups -OCH3 is 1. The summed E-state index contributed by atoms with van der Waals surface area (Å²) in [5.74, 6) is -0.492. The zero-order valence-electron chi connectivity index (χ0n) is 8.34. The molecule has 2 N–H and O–H groups in total. The summed E-state index contributed by atoms with van der Waals surface area (Å²) in [6.07, 6.45) is 2.48. The van der Waals surface area contributed by atoms with Gasteiger partial charge in [0, 0.05) is 23.9 Å². The molecular formula is C10H12N2O3. The van der Waals surface area contributed by atoms with Crippen LogP contribution in [0.15, 0.2) is 18.3 Å². The van der Waals surface area contributed by atoms with E-state index in [1.807, 2.05) is 0 Å². The van der Waals surface area contributed by atoms with Crippen LogP contribution in [0.4, 0.5) is 0 Å². The zero-order valence-corrected chi connectivity index (χ0v) is 8.34. The van der Waals surface area contributed by atoms with Gasteiger partial charge in [0.05, 0.1) is 7.11 Å². The van der Waals surface area contributed by atoms with E-state index >= 15 is 0 Å². The van der Waals surface area contributed by atoms with Crippen LogP contribution in [-0.4, -0.2) is 30.4 Å². The Bertz CT molecular complexity index is 365. The standard InChI is InChI=1S/C10H12N2O3/c1-15-10(14)9(11)5-8-4-7(6-13)2-3-12-8/h2-4,6,9H,5,11H2,1H3/t9-/m1/s1. The van der Waals surface area contributed by atoms with Crippen LogP contribution in [0.1, 0.15) is 16.1 Å². The Kier molecular flexibility index (Phi) is 3.93. The van der Waals surface area contributed by atoms with Gasteiger partial charge in [-0.05, 0) is 12.1 Å². The number of rotatable bonds is 4. The molecule has 0 aliphatic carbocycles. The third-order valence-electron chi connectivity index (χ3n) is 1.91. The number of esters is 1. The quantitative estimate of drug-likeness (QED) is 0.553. The highest BCUT2D eigenvalue weighted by molar-refractivity contribution is 5.76. The van der Waals surface area contributed by atoms with Crippen LogP contribution in [0.2, 0.25) is 0 Å². The van der Waals surface area contributed by atoms with Crippen molar-refractivity contribution in [3.8, 4) is 0 Å². The van der Waals surface area contributed by atoms with Crippen molar-refractivity contribution in [1.29, 1.82) is 0 Å². The van der Waals surface area contributed by atoms with Crippen LogP contribution in [0.3, 0.4) is 0 Å². The number of nitrogens with two attached hydrogens (primary N) is 1. The Morgan fingerprint density at radius 2 is 2.47 bits per heavy atom. The predicted octanol–water partition coefficient (Wildman–Crippen LogP) is -0.0631. The molecule has 0 fully saturated rings. The lowest BCUT2D eigenvalue weighted by Crippen LogP contribution is -2.33. The topological polar surface area (TPSA) is 82.3 Å². The highest BCUT2D eigenvalue weighted by Crippen LogP contribution is 2.02. The molecule has 0 aromatic carbocycles. The van der Waals surface area contributed by atoms with Gasteiger partial charge in [0.25, 0.3) is 0 Å². The van der Waals surface area contributed by atoms with Crippen LogP contribution in [-0.2, 0) is 16.0 Å². The SMILES string of the molecule is COC(=O)[C@H](N)Cc1cc(C=O)ccn1. The molecule has 0 saturated heterocycles. The van der Waals surface area contributed by atoms with Crippen molar-refractivity contribution in [2.75, 3.05) is 7.11 Å². The van der Waals surface area contributed by atoms with Crippen molar-refractivity contribution in [3.05, 3.63) is 29.6 Å². The number of nitrogens with zero attached hydrogens (tertiary/aromatic N) is 1. The largest absolute Gasteiger partial charge is 0.468 e. The lowest BCUT2D eigenvalue weighted by molar-refractivity contribution is -0.142. The van der Waals surface area contributed by atoms with Gasteiger partial charge in [-0.15, -0.1) is 0 Å². The molecule has 1 rings (SSSR count). The van der Waals surface area contributed by atoms with E-state index in [0.717, 1.165) is 6.29 Å². The van der Waals surface area contributed by atoms with Crippen molar-refractivity contribution < 1.29 is 14.3 Å². The lowest BCUT2D eigenvalue weighted by atomic mass is 10.1. The minimum absolute atomic E-state index is 0.258. The maximum Gasteiger partial charge on any atom is 0.323 e. The van der Waals surface area contributed by atoms with Gasteiger partial charge in [0.1, 0.15) is 12.3 Å². The van der Waals surface area contributed by atoms with Gasteiger partial charge >= 0.3 is 5.97 Å². The molecule has 0 bridgehead atoms. The highest BCUT2D eigenvalue weighted by Gasteiger charge is 2.14. The molecule has 15 heavy (non-hydrogen) atoms. The Morgan fingerprint density at radius 1 is 1.73 bits per heavy atom. The number of carbonyl (C=O) groups excluding carboxylic acids is 2. The number of aromatic nitrogens is 1. The van der Waals surface area contributed by atoms with Crippen LogP contribution in [0, 0.1) is 0 Å². The van der Waals surface area contributed by atoms with Crippen LogP contribution in [0.25, 0.3) is 0 Å². The number of carbonyl (C=O) groups is 2. The highest BCUT2D eigenvalue weighted by atomic mass is 16.5. The van der Waals surface area contributed by atoms with Crippen molar-refractivity contribution in [1.82, 2.24) is 4.98 Å². The third-order valence-corrected chi connectivity index (χ3v) is 1.91. The van der Waals surface area contributed by atoms with E-state index in [4.69, 9.17) is 5.73 Å². The average molecular weight is 208 g/mol. The Hall–Kier alpha value is -1.75. The zero-order chi connectivity index (χ0) is 11.3. The van der Waals surface area contributed by atoms with Gasteiger partial charge in [-0.2, -0.15) is 0 Å². The number of ether oxygens (including phenoxy) is 1. The van der Waals surface area contributed by atoms with Gasteiger partial charge in [0.15, 0.2) is 0 Å². The molecule has 80 valence electrons. The Labute approximate surface area is 87.3 Å². The first-order valence-corrected chi connectivity index (χ1v) is 4.41. The van der Waals surface area contributed by atoms with E-state index in [0.29, 0.717) is 11.3 Å². The first-order valence-electron chi connectivity index (χ1n) is 4.41. The Morgan fingerprint density at radius 3 is 3.07 bits per heavy atom. The fourth-order valence-corrected chi connectivity index (χ4v) is 1.14. The van der Waals surface area contributed by atoms with E-state index in [-0.39, 0.29) is 6.42 Å². The second-order valence-electron chi connectivity index (χ2n) is 3.03.